The van der Waals surface area contributed by atoms with Gasteiger partial charge in [0.1, 0.15) is 17.2 Å². The molecule has 1 aliphatic heterocycles. The molecule has 0 radical (unpaired) electrons. The maximum Gasteiger partial charge on any atom is 0.228 e. The van der Waals surface area contributed by atoms with Crippen molar-refractivity contribution in [3.63, 3.8) is 0 Å². The molecule has 0 unspecified atom stereocenters. The van der Waals surface area contributed by atoms with E-state index in [2.05, 4.69) is 20.2 Å². The van der Waals surface area contributed by atoms with E-state index < -0.39 is 15.1 Å². The number of likely N-dealkylation sites (tertiary alicyclic amines) is 1. The minimum atomic E-state index is -3.64. The highest BCUT2D eigenvalue weighted by Gasteiger charge is 2.33. The molecule has 0 saturated carbocycles. The Morgan fingerprint density at radius 2 is 2.00 bits per heavy atom. The van der Waals surface area contributed by atoms with Crippen molar-refractivity contribution in [3.05, 3.63) is 58.9 Å². The number of sulfone groups is 1. The number of rotatable bonds is 7. The molecule has 1 fully saturated rings. The van der Waals surface area contributed by atoms with Crippen LogP contribution in [-0.2, 0) is 22.9 Å². The number of aromatic nitrogens is 4. The fourth-order valence-electron chi connectivity index (χ4n) is 4.00. The quantitative estimate of drug-likeness (QED) is 0.549. The number of hydrogen-bond donors (Lipinski definition) is 0. The van der Waals surface area contributed by atoms with Gasteiger partial charge in [-0.25, -0.2) is 22.4 Å². The fraction of sp³-hybridized carbons (Fsp3) is 0.476. The molecule has 1 aliphatic rings. The molecule has 166 valence electrons. The lowest BCUT2D eigenvalue weighted by atomic mass is 10.1. The van der Waals surface area contributed by atoms with E-state index in [-0.39, 0.29) is 23.6 Å². The Morgan fingerprint density at radius 3 is 2.68 bits per heavy atom. The number of benzene rings is 1. The van der Waals surface area contributed by atoms with Gasteiger partial charge in [-0.2, -0.15) is 0 Å². The Bertz CT molecular complexity index is 1170. The van der Waals surface area contributed by atoms with Crippen molar-refractivity contribution in [2.24, 2.45) is 0 Å². The first-order valence-corrected chi connectivity index (χ1v) is 11.9. The van der Waals surface area contributed by atoms with Crippen LogP contribution in [0, 0.1) is 12.7 Å². The molecule has 0 bridgehead atoms. The monoisotopic (exact) mass is 447 g/mol. The second kappa shape index (κ2) is 8.51. The molecular weight excluding hydrogens is 421 g/mol. The first kappa shape index (κ1) is 21.6. The van der Waals surface area contributed by atoms with Crippen LogP contribution in [0.2, 0.25) is 0 Å². The van der Waals surface area contributed by atoms with Crippen LogP contribution >= 0.6 is 0 Å². The summed E-state index contributed by atoms with van der Waals surface area (Å²) < 4.78 is 46.8. The molecule has 0 amide bonds. The summed E-state index contributed by atoms with van der Waals surface area (Å²) >= 11 is 0. The Labute approximate surface area is 181 Å². The Hall–Kier alpha value is -2.59. The van der Waals surface area contributed by atoms with Gasteiger partial charge in [-0.05, 0) is 46.2 Å². The van der Waals surface area contributed by atoms with Gasteiger partial charge in [0.25, 0.3) is 0 Å². The first-order valence-electron chi connectivity index (χ1n) is 10.3. The van der Waals surface area contributed by atoms with Gasteiger partial charge in [-0.3, -0.25) is 4.90 Å². The van der Waals surface area contributed by atoms with E-state index in [0.717, 1.165) is 30.8 Å². The van der Waals surface area contributed by atoms with Gasteiger partial charge in [-0.15, -0.1) is 0 Å². The highest BCUT2D eigenvalue weighted by molar-refractivity contribution is 7.91. The van der Waals surface area contributed by atoms with Crippen LogP contribution in [0.3, 0.4) is 0 Å². The average Bonchev–Trinajstić information content (AvgIpc) is 3.44. The molecule has 0 N–H and O–H groups in total. The lowest BCUT2D eigenvalue weighted by Crippen LogP contribution is -2.26. The Morgan fingerprint density at radius 1 is 1.23 bits per heavy atom. The summed E-state index contributed by atoms with van der Waals surface area (Å²) in [5.41, 5.74) is 2.67. The predicted octanol–water partition coefficient (Wildman–Crippen LogP) is 3.28. The second-order valence-electron chi connectivity index (χ2n) is 8.17. The smallest absolute Gasteiger partial charge is 0.228 e. The summed E-state index contributed by atoms with van der Waals surface area (Å²) in [5.74, 6) is -0.376. The van der Waals surface area contributed by atoms with Gasteiger partial charge < -0.3 is 4.57 Å². The fourth-order valence-corrected chi connectivity index (χ4v) is 5.11. The standard InChI is InChI=1S/C21H26FN5O3S/c1-14(2)31(28,29)21-23-11-17(27(21)12-16-7-4-5-8-18(16)22)13-26-10-6-9-19(26)20-15(3)24-30-25-20/h4-5,7-8,11,14,19H,6,9-10,12-13H2,1-3H3/t19-/m1/s1. The molecule has 1 atom stereocenters. The first-order chi connectivity index (χ1) is 14.8. The van der Waals surface area contributed by atoms with Gasteiger partial charge in [0.15, 0.2) is 0 Å². The minimum absolute atomic E-state index is 0.0317. The van der Waals surface area contributed by atoms with Crippen LogP contribution in [0.15, 0.2) is 40.2 Å². The van der Waals surface area contributed by atoms with E-state index >= 15 is 0 Å². The molecule has 1 saturated heterocycles. The molecule has 10 heteroatoms. The van der Waals surface area contributed by atoms with Crippen molar-refractivity contribution in [3.8, 4) is 0 Å². The third-order valence-electron chi connectivity index (χ3n) is 5.79. The van der Waals surface area contributed by atoms with Gasteiger partial charge in [0.05, 0.1) is 29.7 Å². The van der Waals surface area contributed by atoms with E-state index in [4.69, 9.17) is 4.63 Å². The van der Waals surface area contributed by atoms with Crippen molar-refractivity contribution < 1.29 is 17.4 Å². The van der Waals surface area contributed by atoms with E-state index in [1.54, 1.807) is 42.8 Å². The molecular formula is C21H26FN5O3S. The predicted molar refractivity (Wildman–Crippen MR) is 111 cm³/mol. The maximum absolute atomic E-state index is 14.4. The van der Waals surface area contributed by atoms with Crippen molar-refractivity contribution in [1.82, 2.24) is 24.8 Å². The molecule has 8 nitrogen and oxygen atoms in total. The minimum Gasteiger partial charge on any atom is -0.313 e. The topological polar surface area (TPSA) is 94.1 Å². The second-order valence-corrected chi connectivity index (χ2v) is 10.6. The normalized spacial score (nSPS) is 17.6. The molecule has 31 heavy (non-hydrogen) atoms. The van der Waals surface area contributed by atoms with Gasteiger partial charge in [0.2, 0.25) is 15.0 Å². The number of halogens is 1. The summed E-state index contributed by atoms with van der Waals surface area (Å²) in [6, 6.07) is 6.42. The molecule has 0 aliphatic carbocycles. The average molecular weight is 448 g/mol. The zero-order valence-electron chi connectivity index (χ0n) is 17.8. The van der Waals surface area contributed by atoms with Crippen LogP contribution in [0.25, 0.3) is 0 Å². The zero-order chi connectivity index (χ0) is 22.2. The number of imidazole rings is 1. The zero-order valence-corrected chi connectivity index (χ0v) is 18.6. The van der Waals surface area contributed by atoms with Gasteiger partial charge in [-0.1, -0.05) is 28.5 Å². The third kappa shape index (κ3) is 4.14. The lowest BCUT2D eigenvalue weighted by Gasteiger charge is -2.24. The van der Waals surface area contributed by atoms with Crippen molar-refractivity contribution >= 4 is 9.84 Å². The largest absolute Gasteiger partial charge is 0.313 e. The Balaban J connectivity index is 1.71. The Kier molecular flexibility index (Phi) is 5.94. The molecule has 1 aromatic carbocycles. The molecule has 4 rings (SSSR count). The van der Waals surface area contributed by atoms with Crippen LogP contribution < -0.4 is 0 Å². The lowest BCUT2D eigenvalue weighted by molar-refractivity contribution is 0.226. The molecule has 3 heterocycles. The van der Waals surface area contributed by atoms with Crippen LogP contribution in [0.4, 0.5) is 4.39 Å². The highest BCUT2D eigenvalue weighted by Crippen LogP contribution is 2.34. The molecule has 0 spiro atoms. The van der Waals surface area contributed by atoms with E-state index in [1.807, 2.05) is 6.92 Å². The molecule has 3 aromatic rings. The van der Waals surface area contributed by atoms with Crippen LogP contribution in [-0.4, -0.2) is 45.0 Å². The van der Waals surface area contributed by atoms with Crippen molar-refractivity contribution in [2.75, 3.05) is 6.54 Å². The van der Waals surface area contributed by atoms with E-state index in [9.17, 15) is 12.8 Å². The summed E-state index contributed by atoms with van der Waals surface area (Å²) in [7, 11) is -3.64. The molecule has 2 aromatic heterocycles. The van der Waals surface area contributed by atoms with Crippen molar-refractivity contribution in [2.45, 2.75) is 63.2 Å². The van der Waals surface area contributed by atoms with E-state index in [1.165, 1.54) is 6.07 Å². The van der Waals surface area contributed by atoms with Gasteiger partial charge >= 0.3 is 0 Å². The van der Waals surface area contributed by atoms with Crippen molar-refractivity contribution in [1.29, 1.82) is 0 Å². The van der Waals surface area contributed by atoms with E-state index in [0.29, 0.717) is 17.8 Å². The summed E-state index contributed by atoms with van der Waals surface area (Å²) in [5, 5.41) is 7.29. The maximum atomic E-state index is 14.4. The highest BCUT2D eigenvalue weighted by atomic mass is 32.2. The number of hydrogen-bond acceptors (Lipinski definition) is 7. The van der Waals surface area contributed by atoms with Crippen LogP contribution in [0.1, 0.15) is 55.4 Å². The third-order valence-corrected chi connectivity index (χ3v) is 7.87. The number of nitrogens with zero attached hydrogens (tertiary/aromatic N) is 5. The van der Waals surface area contributed by atoms with Gasteiger partial charge in [0, 0.05) is 12.1 Å². The summed E-state index contributed by atoms with van der Waals surface area (Å²) in [4.78, 5) is 6.48. The van der Waals surface area contributed by atoms with Crippen LogP contribution in [0.5, 0.6) is 0 Å². The summed E-state index contributed by atoms with van der Waals surface area (Å²) in [6.45, 7) is 6.48. The number of aryl methyl sites for hydroxylation is 1. The SMILES string of the molecule is Cc1nonc1[C@H]1CCCN1Cc1cnc(S(=O)(=O)C(C)C)n1Cc1ccccc1F. The summed E-state index contributed by atoms with van der Waals surface area (Å²) in [6.07, 6.45) is 3.47.